The molecule has 3 N–H and O–H groups in total. The summed E-state index contributed by atoms with van der Waals surface area (Å²) < 4.78 is 5.05. The van der Waals surface area contributed by atoms with E-state index in [1.165, 1.54) is 5.56 Å². The van der Waals surface area contributed by atoms with Crippen LogP contribution in [0.4, 0.5) is 4.79 Å². The predicted octanol–water partition coefficient (Wildman–Crippen LogP) is 3.08. The Balaban J connectivity index is 2.64. The highest BCUT2D eigenvalue weighted by molar-refractivity contribution is 5.85. The van der Waals surface area contributed by atoms with Crippen LogP contribution in [0, 0.1) is 5.92 Å². The third-order valence-electron chi connectivity index (χ3n) is 3.99. The number of hydrogen-bond donors (Lipinski definition) is 3. The van der Waals surface area contributed by atoms with Crippen LogP contribution in [0.25, 0.3) is 0 Å². The van der Waals surface area contributed by atoms with Crippen LogP contribution in [0.1, 0.15) is 58.6 Å². The molecule has 2 atom stereocenters. The summed E-state index contributed by atoms with van der Waals surface area (Å²) >= 11 is 0. The Morgan fingerprint density at radius 3 is 2.11 bits per heavy atom. The molecule has 1 aromatic rings. The number of amides is 2. The molecule has 0 fully saturated rings. The predicted molar refractivity (Wildman–Crippen MR) is 107 cm³/mol. The lowest BCUT2D eigenvalue weighted by atomic mass is 9.96. The topological polar surface area (TPSA) is 105 Å². The van der Waals surface area contributed by atoms with Gasteiger partial charge >= 0.3 is 12.1 Å². The van der Waals surface area contributed by atoms with Crippen LogP contribution in [0.15, 0.2) is 24.3 Å². The van der Waals surface area contributed by atoms with Gasteiger partial charge in [-0.1, -0.05) is 38.1 Å². The zero-order chi connectivity index (χ0) is 21.5. The van der Waals surface area contributed by atoms with Gasteiger partial charge in [-0.15, -0.1) is 0 Å². The average Bonchev–Trinajstić information content (AvgIpc) is 2.56. The van der Waals surface area contributed by atoms with Crippen molar-refractivity contribution in [3.05, 3.63) is 35.4 Å². The molecule has 28 heavy (non-hydrogen) atoms. The van der Waals surface area contributed by atoms with Crippen LogP contribution < -0.4 is 10.6 Å². The Bertz CT molecular complexity index is 677. The van der Waals surface area contributed by atoms with Crippen LogP contribution in [0.2, 0.25) is 0 Å². The molecule has 0 bridgehead atoms. The molecule has 0 aliphatic heterocycles. The Labute approximate surface area is 166 Å². The van der Waals surface area contributed by atoms with Crippen molar-refractivity contribution in [3.8, 4) is 0 Å². The van der Waals surface area contributed by atoms with Gasteiger partial charge in [0.2, 0.25) is 5.91 Å². The van der Waals surface area contributed by atoms with Gasteiger partial charge in [0.1, 0.15) is 11.6 Å². The molecule has 0 aliphatic rings. The Morgan fingerprint density at radius 2 is 1.64 bits per heavy atom. The number of carbonyl (C=O) groups excluding carboxylic acids is 2. The monoisotopic (exact) mass is 392 g/mol. The Morgan fingerprint density at radius 1 is 1.07 bits per heavy atom. The van der Waals surface area contributed by atoms with Gasteiger partial charge in [0.05, 0.1) is 5.92 Å². The fourth-order valence-electron chi connectivity index (χ4n) is 2.57. The molecule has 0 heterocycles. The van der Waals surface area contributed by atoms with Gasteiger partial charge in [0.25, 0.3) is 0 Å². The summed E-state index contributed by atoms with van der Waals surface area (Å²) in [5, 5.41) is 14.1. The second-order valence-corrected chi connectivity index (χ2v) is 8.34. The van der Waals surface area contributed by atoms with Gasteiger partial charge in [-0.05, 0) is 51.2 Å². The molecule has 0 aliphatic carbocycles. The third-order valence-corrected chi connectivity index (χ3v) is 3.99. The van der Waals surface area contributed by atoms with Crippen LogP contribution in [0.3, 0.4) is 0 Å². The number of carboxylic acid groups (broad SMARTS) is 1. The molecular formula is C21H32N2O5. The van der Waals surface area contributed by atoms with Crippen molar-refractivity contribution < 1.29 is 24.2 Å². The fraction of sp³-hybridized carbons (Fsp3) is 0.571. The zero-order valence-electron chi connectivity index (χ0n) is 17.5. The van der Waals surface area contributed by atoms with E-state index in [2.05, 4.69) is 24.5 Å². The number of benzene rings is 1. The number of aliphatic carboxylic acids is 1. The summed E-state index contributed by atoms with van der Waals surface area (Å²) in [6.45, 7) is 10.9. The minimum absolute atomic E-state index is 0.233. The highest BCUT2D eigenvalue weighted by Gasteiger charge is 2.25. The van der Waals surface area contributed by atoms with E-state index < -0.39 is 29.6 Å². The van der Waals surface area contributed by atoms with E-state index in [0.717, 1.165) is 12.0 Å². The van der Waals surface area contributed by atoms with Gasteiger partial charge < -0.3 is 20.5 Å². The van der Waals surface area contributed by atoms with Crippen molar-refractivity contribution in [2.75, 3.05) is 6.54 Å². The molecule has 1 aromatic carbocycles. The maximum atomic E-state index is 12.4. The number of alkyl carbamates (subject to hydrolysis) is 1. The van der Waals surface area contributed by atoms with Gasteiger partial charge in [0, 0.05) is 6.54 Å². The highest BCUT2D eigenvalue weighted by atomic mass is 16.6. The number of nitrogens with one attached hydrogen (secondary N) is 2. The van der Waals surface area contributed by atoms with Crippen molar-refractivity contribution in [1.82, 2.24) is 10.6 Å². The van der Waals surface area contributed by atoms with E-state index in [1.807, 2.05) is 24.3 Å². The molecule has 0 radical (unpaired) electrons. The van der Waals surface area contributed by atoms with Crippen LogP contribution >= 0.6 is 0 Å². The van der Waals surface area contributed by atoms with Crippen molar-refractivity contribution in [3.63, 3.8) is 0 Å². The fourth-order valence-corrected chi connectivity index (χ4v) is 2.57. The summed E-state index contributed by atoms with van der Waals surface area (Å²) in [5.74, 6) is -1.45. The molecule has 2 amide bonds. The molecule has 1 rings (SSSR count). The van der Waals surface area contributed by atoms with Crippen molar-refractivity contribution >= 4 is 18.0 Å². The van der Waals surface area contributed by atoms with Gasteiger partial charge in [-0.3, -0.25) is 4.79 Å². The first-order valence-electron chi connectivity index (χ1n) is 9.48. The summed E-state index contributed by atoms with van der Waals surface area (Å²) in [5.41, 5.74) is 1.31. The first-order valence-corrected chi connectivity index (χ1v) is 9.48. The minimum atomic E-state index is -1.28. The smallest absolute Gasteiger partial charge is 0.408 e. The molecule has 0 spiro atoms. The van der Waals surface area contributed by atoms with Crippen molar-refractivity contribution in [2.24, 2.45) is 5.92 Å². The molecule has 7 heteroatoms. The quantitative estimate of drug-likeness (QED) is 0.631. The molecular weight excluding hydrogens is 360 g/mol. The SMILES string of the molecule is CC(C)Cc1ccc([C@H](C)C(=O)NC[C@@H](NC(=O)OC(C)(C)C)C(=O)O)cc1. The zero-order valence-corrected chi connectivity index (χ0v) is 17.5. The third kappa shape index (κ3) is 8.41. The normalized spacial score (nSPS) is 13.5. The Hall–Kier alpha value is -2.57. The summed E-state index contributed by atoms with van der Waals surface area (Å²) in [7, 11) is 0. The minimum Gasteiger partial charge on any atom is -0.480 e. The number of ether oxygens (including phenoxy) is 1. The molecule has 0 saturated carbocycles. The van der Waals surface area contributed by atoms with E-state index >= 15 is 0 Å². The first kappa shape index (κ1) is 23.5. The highest BCUT2D eigenvalue weighted by Crippen LogP contribution is 2.17. The van der Waals surface area contributed by atoms with E-state index in [9.17, 15) is 19.5 Å². The summed E-state index contributed by atoms with van der Waals surface area (Å²) in [6, 6.07) is 6.55. The maximum absolute atomic E-state index is 12.4. The Kier molecular flexibility index (Phi) is 8.47. The number of carboxylic acids is 1. The number of rotatable bonds is 8. The molecule has 0 saturated heterocycles. The van der Waals surface area contributed by atoms with Crippen LogP contribution in [-0.2, 0) is 20.7 Å². The maximum Gasteiger partial charge on any atom is 0.408 e. The van der Waals surface area contributed by atoms with Crippen LogP contribution in [-0.4, -0.2) is 41.3 Å². The van der Waals surface area contributed by atoms with Crippen molar-refractivity contribution in [1.29, 1.82) is 0 Å². The summed E-state index contributed by atoms with van der Waals surface area (Å²) in [4.78, 5) is 35.5. The van der Waals surface area contributed by atoms with Gasteiger partial charge in [0.15, 0.2) is 0 Å². The molecule has 0 unspecified atom stereocenters. The van der Waals surface area contributed by atoms with E-state index in [4.69, 9.17) is 4.74 Å². The lowest BCUT2D eigenvalue weighted by Crippen LogP contribution is -2.50. The van der Waals surface area contributed by atoms with Gasteiger partial charge in [-0.2, -0.15) is 0 Å². The van der Waals surface area contributed by atoms with E-state index in [-0.39, 0.29) is 12.5 Å². The molecule has 156 valence electrons. The number of hydrogen-bond acceptors (Lipinski definition) is 4. The molecule has 0 aromatic heterocycles. The second kappa shape index (κ2) is 10.1. The standard InChI is InChI=1S/C21H32N2O5/c1-13(2)11-15-7-9-16(10-8-15)14(3)18(24)22-12-17(19(25)26)23-20(27)28-21(4,5)6/h7-10,13-14,17H,11-12H2,1-6H3,(H,22,24)(H,23,27)(H,25,26)/t14-,17+/m0/s1. The van der Waals surface area contributed by atoms with E-state index in [0.29, 0.717) is 5.92 Å². The lowest BCUT2D eigenvalue weighted by molar-refractivity contribution is -0.139. The van der Waals surface area contributed by atoms with Crippen molar-refractivity contribution in [2.45, 2.75) is 65.5 Å². The first-order chi connectivity index (χ1) is 12.9. The molecule has 7 nitrogen and oxygen atoms in total. The van der Waals surface area contributed by atoms with Crippen LogP contribution in [0.5, 0.6) is 0 Å². The second-order valence-electron chi connectivity index (χ2n) is 8.34. The average molecular weight is 392 g/mol. The number of carbonyl (C=O) groups is 3. The summed E-state index contributed by atoms with van der Waals surface area (Å²) in [6.07, 6.45) is 0.125. The van der Waals surface area contributed by atoms with Gasteiger partial charge in [-0.25, -0.2) is 9.59 Å². The lowest BCUT2D eigenvalue weighted by Gasteiger charge is -2.22. The largest absolute Gasteiger partial charge is 0.480 e. The van der Waals surface area contributed by atoms with E-state index in [1.54, 1.807) is 27.7 Å².